The molecule has 2 unspecified atom stereocenters. The third-order valence-electron chi connectivity index (χ3n) is 5.90. The summed E-state index contributed by atoms with van der Waals surface area (Å²) in [7, 11) is -4.60. The average molecular weight is 504 g/mol. The Morgan fingerprint density at radius 2 is 1.66 bits per heavy atom. The topological polar surface area (TPSA) is 97.6 Å². The van der Waals surface area contributed by atoms with Gasteiger partial charge in [-0.2, -0.15) is 13.2 Å². The standard InChI is InChI=1S/C24H19F3N2O5S/c25-24(26,27)18-9-6-8-17(15-18)22(30)28-14-13-16-7-4-5-12-20(16)21(28)23(29(31)32)35(33,34)19-10-2-1-3-11-19/h1-12,15,21,23H,13-14H2. The number of nitro groups is 1. The number of benzene rings is 3. The van der Waals surface area contributed by atoms with Crippen molar-refractivity contribution in [1.82, 2.24) is 4.90 Å². The maximum atomic E-state index is 13.4. The molecule has 3 aromatic carbocycles. The van der Waals surface area contributed by atoms with E-state index in [0.29, 0.717) is 11.6 Å². The second kappa shape index (κ2) is 9.14. The van der Waals surface area contributed by atoms with Crippen LogP contribution in [0.5, 0.6) is 0 Å². The quantitative estimate of drug-likeness (QED) is 0.376. The van der Waals surface area contributed by atoms with Gasteiger partial charge < -0.3 is 4.90 Å². The number of carbonyl (C=O) groups is 1. The average Bonchev–Trinajstić information content (AvgIpc) is 2.83. The highest BCUT2D eigenvalue weighted by Crippen LogP contribution is 2.39. The summed E-state index contributed by atoms with van der Waals surface area (Å²) in [6.45, 7) is -0.106. The number of rotatable bonds is 5. The summed E-state index contributed by atoms with van der Waals surface area (Å²) >= 11 is 0. The molecule has 0 saturated heterocycles. The highest BCUT2D eigenvalue weighted by molar-refractivity contribution is 7.91. The number of fused-ring (bicyclic) bond motifs is 1. The van der Waals surface area contributed by atoms with Gasteiger partial charge in [0.2, 0.25) is 9.84 Å². The van der Waals surface area contributed by atoms with Gasteiger partial charge in [0.25, 0.3) is 5.91 Å². The zero-order chi connectivity index (χ0) is 25.4. The minimum absolute atomic E-state index is 0.106. The molecule has 1 aliphatic rings. The zero-order valence-electron chi connectivity index (χ0n) is 18.1. The van der Waals surface area contributed by atoms with Gasteiger partial charge in [-0.1, -0.05) is 48.5 Å². The summed E-state index contributed by atoms with van der Waals surface area (Å²) in [6, 6.07) is 15.4. The van der Waals surface area contributed by atoms with E-state index in [1.807, 2.05) is 0 Å². The molecule has 0 saturated carbocycles. The Hall–Kier alpha value is -3.73. The lowest BCUT2D eigenvalue weighted by molar-refractivity contribution is -0.505. The summed E-state index contributed by atoms with van der Waals surface area (Å²) in [6.07, 6.45) is -4.45. The molecule has 0 aliphatic carbocycles. The van der Waals surface area contributed by atoms with Crippen molar-refractivity contribution in [3.8, 4) is 0 Å². The Balaban J connectivity index is 1.87. The van der Waals surface area contributed by atoms with E-state index < -0.39 is 43.8 Å². The molecule has 1 amide bonds. The van der Waals surface area contributed by atoms with Crippen molar-refractivity contribution in [3.63, 3.8) is 0 Å². The molecule has 1 heterocycles. The van der Waals surface area contributed by atoms with Crippen LogP contribution in [0.2, 0.25) is 0 Å². The van der Waals surface area contributed by atoms with Gasteiger partial charge in [-0.15, -0.1) is 0 Å². The van der Waals surface area contributed by atoms with E-state index in [2.05, 4.69) is 0 Å². The van der Waals surface area contributed by atoms with Gasteiger partial charge in [0.1, 0.15) is 6.04 Å². The molecular weight excluding hydrogens is 485 g/mol. The van der Waals surface area contributed by atoms with Crippen molar-refractivity contribution in [1.29, 1.82) is 0 Å². The number of hydrogen-bond donors (Lipinski definition) is 0. The predicted molar refractivity (Wildman–Crippen MR) is 120 cm³/mol. The van der Waals surface area contributed by atoms with Gasteiger partial charge in [-0.25, -0.2) is 8.42 Å². The minimum atomic E-state index is -4.70. The second-order valence-electron chi connectivity index (χ2n) is 8.00. The van der Waals surface area contributed by atoms with Gasteiger partial charge in [0, 0.05) is 17.0 Å². The highest BCUT2D eigenvalue weighted by Gasteiger charge is 2.51. The molecule has 0 fully saturated rings. The number of nitrogens with zero attached hydrogens (tertiary/aromatic N) is 2. The molecule has 1 aliphatic heterocycles. The lowest BCUT2D eigenvalue weighted by atomic mass is 9.91. The molecule has 0 aromatic heterocycles. The fourth-order valence-corrected chi connectivity index (χ4v) is 5.95. The lowest BCUT2D eigenvalue weighted by Crippen LogP contribution is -2.50. The Morgan fingerprint density at radius 3 is 2.31 bits per heavy atom. The molecule has 3 aromatic rings. The van der Waals surface area contributed by atoms with Crippen molar-refractivity contribution in [2.75, 3.05) is 6.54 Å². The van der Waals surface area contributed by atoms with Crippen LogP contribution in [0.15, 0.2) is 83.8 Å². The molecule has 0 N–H and O–H groups in total. The first-order chi connectivity index (χ1) is 16.5. The highest BCUT2D eigenvalue weighted by atomic mass is 32.2. The fourth-order valence-electron chi connectivity index (χ4n) is 4.28. The van der Waals surface area contributed by atoms with Crippen molar-refractivity contribution < 1.29 is 31.3 Å². The Kier molecular flexibility index (Phi) is 6.37. The van der Waals surface area contributed by atoms with E-state index in [9.17, 15) is 36.5 Å². The monoisotopic (exact) mass is 504 g/mol. The number of amides is 1. The zero-order valence-corrected chi connectivity index (χ0v) is 18.9. The number of carbonyl (C=O) groups excluding carboxylic acids is 1. The molecular formula is C24H19F3N2O5S. The number of alkyl halides is 3. The largest absolute Gasteiger partial charge is 0.416 e. The van der Waals surface area contributed by atoms with Crippen LogP contribution in [-0.4, -0.2) is 36.1 Å². The summed E-state index contributed by atoms with van der Waals surface area (Å²) in [5.74, 6) is -0.925. The van der Waals surface area contributed by atoms with Crippen LogP contribution in [0, 0.1) is 10.1 Å². The molecule has 0 bridgehead atoms. The molecule has 0 radical (unpaired) electrons. The Morgan fingerprint density at radius 1 is 1.00 bits per heavy atom. The van der Waals surface area contributed by atoms with Crippen LogP contribution in [0.1, 0.15) is 33.1 Å². The fraction of sp³-hybridized carbons (Fsp3) is 0.208. The van der Waals surface area contributed by atoms with Gasteiger partial charge in [-0.05, 0) is 47.9 Å². The van der Waals surface area contributed by atoms with Crippen LogP contribution in [-0.2, 0) is 22.4 Å². The third-order valence-corrected chi connectivity index (χ3v) is 7.89. The summed E-state index contributed by atoms with van der Waals surface area (Å²) in [5.41, 5.74) is -0.510. The van der Waals surface area contributed by atoms with E-state index in [0.717, 1.165) is 17.0 Å². The summed E-state index contributed by atoms with van der Waals surface area (Å²) < 4.78 is 66.6. The molecule has 2 atom stereocenters. The third kappa shape index (κ3) is 4.63. The van der Waals surface area contributed by atoms with Crippen LogP contribution in [0.4, 0.5) is 13.2 Å². The number of halogens is 3. The van der Waals surface area contributed by atoms with Crippen molar-refractivity contribution in [3.05, 3.63) is 111 Å². The minimum Gasteiger partial charge on any atom is -0.323 e. The van der Waals surface area contributed by atoms with Crippen molar-refractivity contribution in [2.24, 2.45) is 0 Å². The van der Waals surface area contributed by atoms with Crippen LogP contribution >= 0.6 is 0 Å². The van der Waals surface area contributed by atoms with Crippen LogP contribution < -0.4 is 0 Å². The lowest BCUT2D eigenvalue weighted by Gasteiger charge is -2.38. The Labute approximate surface area is 198 Å². The first-order valence-electron chi connectivity index (χ1n) is 10.5. The predicted octanol–water partition coefficient (Wildman–Crippen LogP) is 4.52. The molecule has 35 heavy (non-hydrogen) atoms. The molecule has 0 spiro atoms. The molecule has 11 heteroatoms. The smallest absolute Gasteiger partial charge is 0.323 e. The van der Waals surface area contributed by atoms with Gasteiger partial charge in [0.15, 0.2) is 0 Å². The van der Waals surface area contributed by atoms with Gasteiger partial charge in [0.05, 0.1) is 10.5 Å². The Bertz CT molecular complexity index is 1380. The first-order valence-corrected chi connectivity index (χ1v) is 12.0. The normalized spacial score (nSPS) is 16.9. The van der Waals surface area contributed by atoms with E-state index in [1.165, 1.54) is 36.4 Å². The maximum Gasteiger partial charge on any atom is 0.416 e. The first kappa shape index (κ1) is 24.4. The van der Waals surface area contributed by atoms with Crippen molar-refractivity contribution in [2.45, 2.75) is 28.9 Å². The molecule has 4 rings (SSSR count). The number of hydrogen-bond acceptors (Lipinski definition) is 5. The summed E-state index contributed by atoms with van der Waals surface area (Å²) in [4.78, 5) is 25.4. The SMILES string of the molecule is O=C(c1cccc(C(F)(F)F)c1)N1CCc2ccccc2C1C([N+](=O)[O-])S(=O)(=O)c1ccccc1. The summed E-state index contributed by atoms with van der Waals surface area (Å²) in [5, 5.41) is 9.98. The van der Waals surface area contributed by atoms with E-state index in [-0.39, 0.29) is 29.0 Å². The maximum absolute atomic E-state index is 13.4. The number of sulfone groups is 1. The van der Waals surface area contributed by atoms with Gasteiger partial charge in [-0.3, -0.25) is 14.9 Å². The van der Waals surface area contributed by atoms with Crippen LogP contribution in [0.3, 0.4) is 0 Å². The van der Waals surface area contributed by atoms with E-state index in [4.69, 9.17) is 0 Å². The van der Waals surface area contributed by atoms with Crippen LogP contribution in [0.25, 0.3) is 0 Å². The van der Waals surface area contributed by atoms with Crippen molar-refractivity contribution >= 4 is 15.7 Å². The second-order valence-corrected chi connectivity index (χ2v) is 10.0. The molecule has 7 nitrogen and oxygen atoms in total. The van der Waals surface area contributed by atoms with E-state index in [1.54, 1.807) is 24.3 Å². The van der Waals surface area contributed by atoms with E-state index >= 15 is 0 Å². The molecule has 182 valence electrons. The van der Waals surface area contributed by atoms with Gasteiger partial charge >= 0.3 is 11.6 Å².